The van der Waals surface area contributed by atoms with E-state index in [1.165, 1.54) is 13.2 Å². The van der Waals surface area contributed by atoms with Crippen LogP contribution in [0.1, 0.15) is 36.0 Å². The molecular weight excluding hydrogens is 306 g/mol. The third-order valence-electron chi connectivity index (χ3n) is 3.67. The van der Waals surface area contributed by atoms with Crippen LogP contribution in [0.25, 0.3) is 0 Å². The second kappa shape index (κ2) is 8.03. The minimum absolute atomic E-state index is 0.156. The van der Waals surface area contributed by atoms with E-state index in [9.17, 15) is 9.59 Å². The van der Waals surface area contributed by atoms with Crippen LogP contribution < -0.4 is 4.74 Å². The number of rotatable bonds is 4. The van der Waals surface area contributed by atoms with E-state index in [1.807, 2.05) is 0 Å². The van der Waals surface area contributed by atoms with Crippen molar-refractivity contribution in [1.82, 2.24) is 4.90 Å². The molecule has 6 heteroatoms. The lowest BCUT2D eigenvalue weighted by molar-refractivity contribution is -0.134. The highest BCUT2D eigenvalue weighted by Gasteiger charge is 2.19. The number of halogens is 1. The lowest BCUT2D eigenvalue weighted by Gasteiger charge is -2.20. The predicted molar refractivity (Wildman–Crippen MR) is 83.3 cm³/mol. The van der Waals surface area contributed by atoms with Crippen LogP contribution in [0.15, 0.2) is 18.2 Å². The van der Waals surface area contributed by atoms with Crippen molar-refractivity contribution in [3.8, 4) is 5.75 Å². The van der Waals surface area contributed by atoms with E-state index in [1.54, 1.807) is 17.0 Å². The second-order valence-corrected chi connectivity index (χ2v) is 5.65. The molecular formula is C16H20ClNO4. The van der Waals surface area contributed by atoms with E-state index in [0.717, 1.165) is 38.8 Å². The summed E-state index contributed by atoms with van der Waals surface area (Å²) < 4.78 is 10.2. The van der Waals surface area contributed by atoms with Crippen LogP contribution in [0.2, 0.25) is 5.02 Å². The molecule has 0 spiro atoms. The number of carbonyl (C=O) groups is 2. The van der Waals surface area contributed by atoms with Crippen LogP contribution in [0, 0.1) is 0 Å². The SMILES string of the molecule is COc1ccc(Cl)cc1C(=O)OCC(=O)N1CCCCCC1. The van der Waals surface area contributed by atoms with Crippen molar-refractivity contribution in [3.63, 3.8) is 0 Å². The van der Waals surface area contributed by atoms with E-state index in [0.29, 0.717) is 10.8 Å². The van der Waals surface area contributed by atoms with Gasteiger partial charge in [-0.3, -0.25) is 4.79 Å². The largest absolute Gasteiger partial charge is 0.496 e. The van der Waals surface area contributed by atoms with Crippen molar-refractivity contribution in [3.05, 3.63) is 28.8 Å². The Hall–Kier alpha value is -1.75. The van der Waals surface area contributed by atoms with Gasteiger partial charge >= 0.3 is 5.97 Å². The molecule has 0 aliphatic carbocycles. The van der Waals surface area contributed by atoms with Crippen LogP contribution >= 0.6 is 11.6 Å². The monoisotopic (exact) mass is 325 g/mol. The van der Waals surface area contributed by atoms with Gasteiger partial charge in [0.25, 0.3) is 5.91 Å². The van der Waals surface area contributed by atoms with Gasteiger partial charge < -0.3 is 14.4 Å². The Morgan fingerprint density at radius 2 is 1.86 bits per heavy atom. The average molecular weight is 326 g/mol. The van der Waals surface area contributed by atoms with Crippen molar-refractivity contribution in [2.24, 2.45) is 0 Å². The number of amides is 1. The third-order valence-corrected chi connectivity index (χ3v) is 3.90. The average Bonchev–Trinajstić information content (AvgIpc) is 2.81. The van der Waals surface area contributed by atoms with Gasteiger partial charge in [-0.1, -0.05) is 24.4 Å². The zero-order chi connectivity index (χ0) is 15.9. The zero-order valence-corrected chi connectivity index (χ0v) is 13.4. The Bertz CT molecular complexity index is 539. The highest BCUT2D eigenvalue weighted by Crippen LogP contribution is 2.23. The molecule has 1 heterocycles. The summed E-state index contributed by atoms with van der Waals surface area (Å²) in [6, 6.07) is 4.69. The van der Waals surface area contributed by atoms with E-state index in [-0.39, 0.29) is 18.1 Å². The fourth-order valence-electron chi connectivity index (χ4n) is 2.46. The molecule has 120 valence electrons. The maximum Gasteiger partial charge on any atom is 0.342 e. The number of carbonyl (C=O) groups excluding carboxylic acids is 2. The number of benzene rings is 1. The molecule has 1 aliphatic heterocycles. The van der Waals surface area contributed by atoms with Crippen molar-refractivity contribution in [2.75, 3.05) is 26.8 Å². The standard InChI is InChI=1S/C16H20ClNO4/c1-21-14-7-6-12(17)10-13(14)16(20)22-11-15(19)18-8-4-2-3-5-9-18/h6-7,10H,2-5,8-9,11H2,1H3. The van der Waals surface area contributed by atoms with E-state index in [4.69, 9.17) is 21.1 Å². The molecule has 1 fully saturated rings. The number of hydrogen-bond donors (Lipinski definition) is 0. The minimum Gasteiger partial charge on any atom is -0.496 e. The van der Waals surface area contributed by atoms with Crippen LogP contribution in [0.3, 0.4) is 0 Å². The first-order chi connectivity index (χ1) is 10.6. The van der Waals surface area contributed by atoms with Gasteiger partial charge in [0, 0.05) is 18.1 Å². The Morgan fingerprint density at radius 1 is 1.18 bits per heavy atom. The quantitative estimate of drug-likeness (QED) is 0.799. The maximum atomic E-state index is 12.1. The number of esters is 1. The Balaban J connectivity index is 1.94. The fourth-order valence-corrected chi connectivity index (χ4v) is 2.63. The van der Waals surface area contributed by atoms with Gasteiger partial charge in [0.2, 0.25) is 0 Å². The lowest BCUT2D eigenvalue weighted by Crippen LogP contribution is -2.35. The maximum absolute atomic E-state index is 12.1. The summed E-state index contributed by atoms with van der Waals surface area (Å²) in [7, 11) is 1.46. The molecule has 0 N–H and O–H groups in total. The molecule has 1 saturated heterocycles. The zero-order valence-electron chi connectivity index (χ0n) is 12.6. The lowest BCUT2D eigenvalue weighted by atomic mass is 10.2. The molecule has 2 rings (SSSR count). The number of methoxy groups -OCH3 is 1. The Labute approximate surface area is 135 Å². The van der Waals surface area contributed by atoms with Gasteiger partial charge in [-0.2, -0.15) is 0 Å². The number of nitrogens with zero attached hydrogens (tertiary/aromatic N) is 1. The number of ether oxygens (including phenoxy) is 2. The smallest absolute Gasteiger partial charge is 0.342 e. The highest BCUT2D eigenvalue weighted by molar-refractivity contribution is 6.31. The van der Waals surface area contributed by atoms with Gasteiger partial charge in [0.1, 0.15) is 11.3 Å². The van der Waals surface area contributed by atoms with Crippen molar-refractivity contribution >= 4 is 23.5 Å². The minimum atomic E-state index is -0.609. The molecule has 1 aromatic rings. The molecule has 5 nitrogen and oxygen atoms in total. The molecule has 1 aliphatic rings. The van der Waals surface area contributed by atoms with Gasteiger partial charge in [0.05, 0.1) is 7.11 Å². The summed E-state index contributed by atoms with van der Waals surface area (Å²) in [5.74, 6) is -0.393. The fraction of sp³-hybridized carbons (Fsp3) is 0.500. The second-order valence-electron chi connectivity index (χ2n) is 5.22. The first kappa shape index (κ1) is 16.6. The summed E-state index contributed by atoms with van der Waals surface area (Å²) in [5.41, 5.74) is 0.221. The summed E-state index contributed by atoms with van der Waals surface area (Å²) >= 11 is 5.88. The van der Waals surface area contributed by atoms with Gasteiger partial charge in [0.15, 0.2) is 6.61 Å². The van der Waals surface area contributed by atoms with Crippen molar-refractivity contribution in [1.29, 1.82) is 0 Å². The Kier molecular flexibility index (Phi) is 6.07. The summed E-state index contributed by atoms with van der Waals surface area (Å²) in [4.78, 5) is 26.0. The normalized spacial score (nSPS) is 15.1. The van der Waals surface area contributed by atoms with E-state index >= 15 is 0 Å². The van der Waals surface area contributed by atoms with Crippen molar-refractivity contribution in [2.45, 2.75) is 25.7 Å². The van der Waals surface area contributed by atoms with E-state index < -0.39 is 5.97 Å². The highest BCUT2D eigenvalue weighted by atomic mass is 35.5. The Morgan fingerprint density at radius 3 is 2.50 bits per heavy atom. The van der Waals surface area contributed by atoms with Crippen molar-refractivity contribution < 1.29 is 19.1 Å². The van der Waals surface area contributed by atoms with Crippen LogP contribution in [-0.4, -0.2) is 43.6 Å². The first-order valence-corrected chi connectivity index (χ1v) is 7.78. The molecule has 0 atom stereocenters. The van der Waals surface area contributed by atoms with Gasteiger partial charge in [-0.05, 0) is 31.0 Å². The van der Waals surface area contributed by atoms with Gasteiger partial charge in [-0.25, -0.2) is 4.79 Å². The number of hydrogen-bond acceptors (Lipinski definition) is 4. The first-order valence-electron chi connectivity index (χ1n) is 7.40. The summed E-state index contributed by atoms with van der Waals surface area (Å²) in [6.45, 7) is 1.21. The molecule has 0 radical (unpaired) electrons. The molecule has 0 saturated carbocycles. The molecule has 1 aromatic carbocycles. The molecule has 0 bridgehead atoms. The summed E-state index contributed by atoms with van der Waals surface area (Å²) in [6.07, 6.45) is 4.29. The molecule has 0 unspecified atom stereocenters. The topological polar surface area (TPSA) is 55.8 Å². The van der Waals surface area contributed by atoms with Crippen LogP contribution in [0.5, 0.6) is 5.75 Å². The summed E-state index contributed by atoms with van der Waals surface area (Å²) in [5, 5.41) is 0.409. The van der Waals surface area contributed by atoms with Crippen LogP contribution in [-0.2, 0) is 9.53 Å². The van der Waals surface area contributed by atoms with Gasteiger partial charge in [-0.15, -0.1) is 0 Å². The predicted octanol–water partition coefficient (Wildman–Crippen LogP) is 2.91. The van der Waals surface area contributed by atoms with E-state index in [2.05, 4.69) is 0 Å². The third kappa shape index (κ3) is 4.37. The molecule has 0 aromatic heterocycles. The van der Waals surface area contributed by atoms with Crippen LogP contribution in [0.4, 0.5) is 0 Å². The number of likely N-dealkylation sites (tertiary alicyclic amines) is 1. The molecule has 22 heavy (non-hydrogen) atoms. The molecule has 1 amide bonds.